The first-order valence-corrected chi connectivity index (χ1v) is 10.4. The van der Waals surface area contributed by atoms with Gasteiger partial charge in [0, 0.05) is 34.1 Å². The van der Waals surface area contributed by atoms with Gasteiger partial charge in [-0.1, -0.05) is 20.8 Å². The van der Waals surface area contributed by atoms with Crippen LogP contribution >= 0.6 is 11.8 Å². The Bertz CT molecular complexity index is 684. The first-order chi connectivity index (χ1) is 11.9. The SMILES string of the molecule is CCCS[C@@H]1C2=C([C@@H](OC(C)=O)C1(C)C)[C@](C)(O)C1(CC1)[C@@](C)(O)C2=O. The molecule has 0 bridgehead atoms. The standard InChI is InChI=1S/C20H30O5S/c1-7-10-26-16-12-13(15(17(16,3)4)25-11(2)21)18(5,23)20(8-9-20)19(6,24)14(12)22/h15-16,23-24H,7-10H2,1-6H3/t15-,16-,18+,19+/m1/s1. The van der Waals surface area contributed by atoms with Crippen LogP contribution in [0.25, 0.3) is 0 Å². The molecule has 1 saturated carbocycles. The summed E-state index contributed by atoms with van der Waals surface area (Å²) in [4.78, 5) is 25.2. The molecule has 3 aliphatic carbocycles. The highest BCUT2D eigenvalue weighted by atomic mass is 32.2. The number of carbonyl (C=O) groups excluding carboxylic acids is 2. The largest absolute Gasteiger partial charge is 0.457 e. The lowest BCUT2D eigenvalue weighted by atomic mass is 9.61. The number of thioether (sulfide) groups is 1. The normalized spacial score (nSPS) is 39.9. The zero-order valence-electron chi connectivity index (χ0n) is 16.5. The van der Waals surface area contributed by atoms with E-state index in [4.69, 9.17) is 4.74 Å². The highest BCUT2D eigenvalue weighted by Crippen LogP contribution is 2.70. The monoisotopic (exact) mass is 382 g/mol. The van der Waals surface area contributed by atoms with Gasteiger partial charge in [0.25, 0.3) is 0 Å². The Kier molecular flexibility index (Phi) is 4.46. The van der Waals surface area contributed by atoms with Gasteiger partial charge in [-0.15, -0.1) is 0 Å². The Labute approximate surface area is 159 Å². The number of Topliss-reactive ketones (excluding diaryl/α,β-unsaturated/α-hetero) is 1. The van der Waals surface area contributed by atoms with Gasteiger partial charge in [-0.3, -0.25) is 9.59 Å². The molecule has 0 aromatic heterocycles. The Hall–Kier alpha value is -0.850. The molecular formula is C20H30O5S. The lowest BCUT2D eigenvalue weighted by Gasteiger charge is -2.48. The third kappa shape index (κ3) is 2.31. The average Bonchev–Trinajstić information content (AvgIpc) is 3.29. The number of hydrogen-bond acceptors (Lipinski definition) is 6. The summed E-state index contributed by atoms with van der Waals surface area (Å²) in [5, 5.41) is 22.5. The Balaban J connectivity index is 2.23. The van der Waals surface area contributed by atoms with E-state index in [0.717, 1.165) is 12.2 Å². The Morgan fingerprint density at radius 2 is 1.77 bits per heavy atom. The zero-order chi connectivity index (χ0) is 19.7. The summed E-state index contributed by atoms with van der Waals surface area (Å²) in [7, 11) is 0. The molecule has 0 saturated heterocycles. The maximum atomic E-state index is 13.4. The molecule has 146 valence electrons. The third-order valence-corrected chi connectivity index (χ3v) is 8.58. The first-order valence-electron chi connectivity index (χ1n) is 9.39. The summed E-state index contributed by atoms with van der Waals surface area (Å²) in [5.74, 6) is 0.106. The fraction of sp³-hybridized carbons (Fsp3) is 0.800. The van der Waals surface area contributed by atoms with Gasteiger partial charge in [0.15, 0.2) is 5.78 Å². The molecule has 1 fully saturated rings. The Morgan fingerprint density at radius 1 is 1.19 bits per heavy atom. The van der Waals surface area contributed by atoms with Crippen LogP contribution in [0.15, 0.2) is 11.1 Å². The minimum atomic E-state index is -1.61. The maximum absolute atomic E-state index is 13.4. The van der Waals surface area contributed by atoms with Crippen molar-refractivity contribution >= 4 is 23.5 Å². The molecule has 3 rings (SSSR count). The van der Waals surface area contributed by atoms with Gasteiger partial charge in [-0.05, 0) is 38.9 Å². The fourth-order valence-electron chi connectivity index (χ4n) is 5.14. The van der Waals surface area contributed by atoms with E-state index in [2.05, 4.69) is 6.92 Å². The first kappa shape index (κ1) is 19.9. The molecule has 6 heteroatoms. The van der Waals surface area contributed by atoms with Crippen LogP contribution in [0.3, 0.4) is 0 Å². The molecule has 5 nitrogen and oxygen atoms in total. The van der Waals surface area contributed by atoms with Gasteiger partial charge in [0.1, 0.15) is 11.7 Å². The van der Waals surface area contributed by atoms with Crippen molar-refractivity contribution in [3.05, 3.63) is 11.1 Å². The van der Waals surface area contributed by atoms with Crippen molar-refractivity contribution < 1.29 is 24.5 Å². The minimum absolute atomic E-state index is 0.233. The lowest BCUT2D eigenvalue weighted by Crippen LogP contribution is -2.61. The van der Waals surface area contributed by atoms with Gasteiger partial charge in [-0.25, -0.2) is 0 Å². The van der Waals surface area contributed by atoms with Gasteiger partial charge in [0.2, 0.25) is 0 Å². The van der Waals surface area contributed by atoms with E-state index >= 15 is 0 Å². The van der Waals surface area contributed by atoms with E-state index in [1.165, 1.54) is 13.8 Å². The van der Waals surface area contributed by atoms with Crippen LogP contribution in [0.5, 0.6) is 0 Å². The van der Waals surface area contributed by atoms with E-state index in [0.29, 0.717) is 24.0 Å². The van der Waals surface area contributed by atoms with Crippen LogP contribution in [0, 0.1) is 10.8 Å². The number of esters is 1. The van der Waals surface area contributed by atoms with E-state index in [1.54, 1.807) is 18.7 Å². The van der Waals surface area contributed by atoms with Gasteiger partial charge in [-0.2, -0.15) is 11.8 Å². The number of hydrogen-bond donors (Lipinski definition) is 2. The highest BCUT2D eigenvalue weighted by Gasteiger charge is 2.76. The van der Waals surface area contributed by atoms with Crippen LogP contribution in [-0.2, 0) is 14.3 Å². The molecule has 0 amide bonds. The molecule has 0 aliphatic heterocycles. The van der Waals surface area contributed by atoms with Crippen molar-refractivity contribution in [2.75, 3.05) is 5.75 Å². The molecule has 0 heterocycles. The van der Waals surface area contributed by atoms with E-state index in [1.807, 2.05) is 13.8 Å². The predicted molar refractivity (Wildman–Crippen MR) is 101 cm³/mol. The van der Waals surface area contributed by atoms with Gasteiger partial charge >= 0.3 is 5.97 Å². The predicted octanol–water partition coefficient (Wildman–Crippen LogP) is 2.63. The summed E-state index contributed by atoms with van der Waals surface area (Å²) in [6.07, 6.45) is 1.44. The van der Waals surface area contributed by atoms with Gasteiger partial charge in [0.05, 0.1) is 5.60 Å². The molecule has 0 aromatic rings. The summed E-state index contributed by atoms with van der Waals surface area (Å²) in [6.45, 7) is 10.6. The second-order valence-electron chi connectivity index (χ2n) is 8.94. The molecule has 4 atom stereocenters. The minimum Gasteiger partial charge on any atom is -0.457 e. The number of ether oxygens (including phenoxy) is 1. The smallest absolute Gasteiger partial charge is 0.303 e. The van der Waals surface area contributed by atoms with Crippen molar-refractivity contribution in [3.8, 4) is 0 Å². The van der Waals surface area contributed by atoms with Crippen LogP contribution in [-0.4, -0.2) is 50.3 Å². The summed E-state index contributed by atoms with van der Waals surface area (Å²) < 4.78 is 5.68. The van der Waals surface area contributed by atoms with Gasteiger partial charge < -0.3 is 14.9 Å². The van der Waals surface area contributed by atoms with E-state index in [-0.39, 0.29) is 11.0 Å². The maximum Gasteiger partial charge on any atom is 0.303 e. The average molecular weight is 383 g/mol. The third-order valence-electron chi connectivity index (χ3n) is 6.76. The van der Waals surface area contributed by atoms with Crippen LogP contribution in [0.4, 0.5) is 0 Å². The number of ketones is 1. The lowest BCUT2D eigenvalue weighted by molar-refractivity contribution is -0.163. The molecule has 2 N–H and O–H groups in total. The number of rotatable bonds is 4. The summed E-state index contributed by atoms with van der Waals surface area (Å²) >= 11 is 1.64. The molecule has 0 aromatic carbocycles. The quantitative estimate of drug-likeness (QED) is 0.727. The van der Waals surface area contributed by atoms with Crippen molar-refractivity contribution in [3.63, 3.8) is 0 Å². The molecule has 1 spiro atoms. The molecule has 0 unspecified atom stereocenters. The summed E-state index contributed by atoms with van der Waals surface area (Å²) in [5.41, 5.74) is -3.46. The van der Waals surface area contributed by atoms with E-state index < -0.39 is 34.1 Å². The van der Waals surface area contributed by atoms with Crippen LogP contribution in [0.1, 0.15) is 60.8 Å². The van der Waals surface area contributed by atoms with Crippen molar-refractivity contribution in [1.29, 1.82) is 0 Å². The zero-order valence-corrected chi connectivity index (χ0v) is 17.3. The fourth-order valence-corrected chi connectivity index (χ4v) is 6.57. The summed E-state index contributed by atoms with van der Waals surface area (Å²) in [6, 6.07) is 0. The number of aliphatic hydroxyl groups is 2. The molecule has 26 heavy (non-hydrogen) atoms. The highest BCUT2D eigenvalue weighted by molar-refractivity contribution is 8.00. The van der Waals surface area contributed by atoms with Crippen molar-refractivity contribution in [1.82, 2.24) is 0 Å². The van der Waals surface area contributed by atoms with Crippen LogP contribution in [0.2, 0.25) is 0 Å². The topological polar surface area (TPSA) is 83.8 Å². The molecule has 0 radical (unpaired) electrons. The second-order valence-corrected chi connectivity index (χ2v) is 10.2. The van der Waals surface area contributed by atoms with Crippen molar-refractivity contribution in [2.24, 2.45) is 10.8 Å². The van der Waals surface area contributed by atoms with Crippen molar-refractivity contribution in [2.45, 2.75) is 83.4 Å². The van der Waals surface area contributed by atoms with E-state index in [9.17, 15) is 19.8 Å². The second kappa shape index (κ2) is 5.82. The molecule has 3 aliphatic rings. The molecular weight excluding hydrogens is 352 g/mol. The van der Waals surface area contributed by atoms with Crippen LogP contribution < -0.4 is 0 Å². The number of carbonyl (C=O) groups is 2. The Morgan fingerprint density at radius 3 is 2.23 bits per heavy atom.